The zero-order valence-electron chi connectivity index (χ0n) is 13.4. The van der Waals surface area contributed by atoms with Gasteiger partial charge >= 0.3 is 5.97 Å². The molecular weight excluding hydrogens is 372 g/mol. The minimum Gasteiger partial charge on any atom is -0.448 e. The molecule has 2 heterocycles. The summed E-state index contributed by atoms with van der Waals surface area (Å²) < 4.78 is 5.26. The van der Waals surface area contributed by atoms with E-state index in [1.165, 1.54) is 11.3 Å². The Morgan fingerprint density at radius 1 is 1.15 bits per heavy atom. The molecule has 1 unspecified atom stereocenters. The number of anilines is 1. The second-order valence-corrected chi connectivity index (χ2v) is 7.03. The number of halogens is 1. The molecule has 26 heavy (non-hydrogen) atoms. The third-order valence-electron chi connectivity index (χ3n) is 4.07. The van der Waals surface area contributed by atoms with E-state index in [1.807, 2.05) is 35.7 Å². The van der Waals surface area contributed by atoms with E-state index in [0.29, 0.717) is 27.8 Å². The molecule has 0 saturated carbocycles. The van der Waals surface area contributed by atoms with Crippen LogP contribution in [0.4, 0.5) is 5.13 Å². The van der Waals surface area contributed by atoms with Gasteiger partial charge in [0.25, 0.3) is 5.91 Å². The first-order valence-corrected chi connectivity index (χ1v) is 9.18. The van der Waals surface area contributed by atoms with E-state index in [4.69, 9.17) is 16.3 Å². The van der Waals surface area contributed by atoms with Crippen molar-refractivity contribution in [2.24, 2.45) is 0 Å². The molecule has 5 nitrogen and oxygen atoms in total. The van der Waals surface area contributed by atoms with E-state index in [0.717, 1.165) is 11.1 Å². The number of cyclic esters (lactones) is 1. The third-order valence-corrected chi connectivity index (χ3v) is 5.16. The molecule has 3 aromatic rings. The van der Waals surface area contributed by atoms with Gasteiger partial charge in [0.1, 0.15) is 0 Å². The van der Waals surface area contributed by atoms with E-state index < -0.39 is 18.0 Å². The molecule has 1 aromatic heterocycles. The van der Waals surface area contributed by atoms with Gasteiger partial charge in [-0.05, 0) is 17.7 Å². The van der Waals surface area contributed by atoms with E-state index in [-0.39, 0.29) is 0 Å². The second-order valence-electron chi connectivity index (χ2n) is 5.76. The molecule has 0 radical (unpaired) electrons. The molecule has 7 heteroatoms. The summed E-state index contributed by atoms with van der Waals surface area (Å²) in [6.07, 6.45) is -0.527. The van der Waals surface area contributed by atoms with Gasteiger partial charge in [-0.15, -0.1) is 11.3 Å². The molecule has 130 valence electrons. The summed E-state index contributed by atoms with van der Waals surface area (Å²) in [5.74, 6) is -0.879. The molecule has 1 aliphatic rings. The fraction of sp³-hybridized carbons (Fsp3) is 0.105. The van der Waals surface area contributed by atoms with Crippen molar-refractivity contribution >= 4 is 39.9 Å². The summed E-state index contributed by atoms with van der Waals surface area (Å²) in [5.41, 5.74) is 2.79. The smallest absolute Gasteiger partial charge is 0.339 e. The Labute approximate surface area is 158 Å². The first-order chi connectivity index (χ1) is 12.6. The Bertz CT molecular complexity index is 1000. The van der Waals surface area contributed by atoms with Gasteiger partial charge in [-0.1, -0.05) is 48.0 Å². The zero-order chi connectivity index (χ0) is 18.1. The van der Waals surface area contributed by atoms with Crippen LogP contribution in [0.1, 0.15) is 15.9 Å². The number of carbonyl (C=O) groups excluding carboxylic acids is 2. The summed E-state index contributed by atoms with van der Waals surface area (Å²) in [7, 11) is 0. The number of esters is 1. The summed E-state index contributed by atoms with van der Waals surface area (Å²) in [5, 5.41) is 5.56. The Kier molecular flexibility index (Phi) is 4.44. The quantitative estimate of drug-likeness (QED) is 0.688. The lowest BCUT2D eigenvalue weighted by molar-refractivity contribution is -0.125. The Balaban J connectivity index is 1.50. The maximum atomic E-state index is 12.5. The lowest BCUT2D eigenvalue weighted by Crippen LogP contribution is -2.37. The molecule has 1 aliphatic heterocycles. The number of rotatable bonds is 3. The number of benzene rings is 2. The lowest BCUT2D eigenvalue weighted by Gasteiger charge is -2.23. The summed E-state index contributed by atoms with van der Waals surface area (Å²) in [6.45, 7) is 0. The highest BCUT2D eigenvalue weighted by molar-refractivity contribution is 7.14. The van der Waals surface area contributed by atoms with Gasteiger partial charge in [-0.25, -0.2) is 9.78 Å². The number of hydrogen-bond donors (Lipinski definition) is 1. The van der Waals surface area contributed by atoms with Crippen LogP contribution in [0.25, 0.3) is 11.3 Å². The molecule has 1 N–H and O–H groups in total. The van der Waals surface area contributed by atoms with Gasteiger partial charge in [0.05, 0.1) is 11.3 Å². The van der Waals surface area contributed by atoms with Crippen molar-refractivity contribution < 1.29 is 14.3 Å². The lowest BCUT2D eigenvalue weighted by atomic mass is 9.98. The molecule has 2 aromatic carbocycles. The number of carbonyl (C=O) groups is 2. The number of ether oxygens (including phenoxy) is 1. The van der Waals surface area contributed by atoms with Gasteiger partial charge < -0.3 is 4.74 Å². The molecule has 0 bridgehead atoms. The van der Waals surface area contributed by atoms with E-state index in [2.05, 4.69) is 10.3 Å². The van der Waals surface area contributed by atoms with Crippen molar-refractivity contribution in [3.8, 4) is 11.3 Å². The molecule has 0 saturated heterocycles. The van der Waals surface area contributed by atoms with Crippen molar-refractivity contribution in [3.63, 3.8) is 0 Å². The first kappa shape index (κ1) is 16.8. The van der Waals surface area contributed by atoms with Crippen LogP contribution in [0.3, 0.4) is 0 Å². The van der Waals surface area contributed by atoms with Crippen molar-refractivity contribution in [1.29, 1.82) is 0 Å². The van der Waals surface area contributed by atoms with Crippen molar-refractivity contribution in [2.75, 3.05) is 5.32 Å². The maximum Gasteiger partial charge on any atom is 0.339 e. The maximum absolute atomic E-state index is 12.5. The minimum absolute atomic E-state index is 0.344. The van der Waals surface area contributed by atoms with Crippen LogP contribution in [0, 0.1) is 0 Å². The predicted molar refractivity (Wildman–Crippen MR) is 101 cm³/mol. The van der Waals surface area contributed by atoms with Crippen molar-refractivity contribution in [2.45, 2.75) is 12.5 Å². The number of nitrogens with zero attached hydrogens (tertiary/aromatic N) is 1. The van der Waals surface area contributed by atoms with Crippen LogP contribution in [-0.4, -0.2) is 23.0 Å². The van der Waals surface area contributed by atoms with E-state index in [9.17, 15) is 9.59 Å². The molecule has 1 atom stereocenters. The van der Waals surface area contributed by atoms with Crippen molar-refractivity contribution in [3.05, 3.63) is 70.1 Å². The highest BCUT2D eigenvalue weighted by Crippen LogP contribution is 2.30. The summed E-state index contributed by atoms with van der Waals surface area (Å²) in [6, 6.07) is 14.5. The van der Waals surface area contributed by atoms with Gasteiger partial charge in [-0.3, -0.25) is 10.1 Å². The molecule has 1 amide bonds. The van der Waals surface area contributed by atoms with Gasteiger partial charge in [0.2, 0.25) is 0 Å². The first-order valence-electron chi connectivity index (χ1n) is 7.92. The molecular formula is C19H13ClN2O3S. The van der Waals surface area contributed by atoms with E-state index in [1.54, 1.807) is 18.2 Å². The number of amides is 1. The van der Waals surface area contributed by atoms with Crippen LogP contribution in [0.15, 0.2) is 53.9 Å². The fourth-order valence-corrected chi connectivity index (χ4v) is 3.73. The Morgan fingerprint density at radius 2 is 1.88 bits per heavy atom. The number of aromatic nitrogens is 1. The number of nitrogens with one attached hydrogen (secondary N) is 1. The number of thiazole rings is 1. The summed E-state index contributed by atoms with van der Waals surface area (Å²) in [4.78, 5) is 28.9. The summed E-state index contributed by atoms with van der Waals surface area (Å²) >= 11 is 7.47. The normalized spacial score (nSPS) is 15.9. The van der Waals surface area contributed by atoms with E-state index >= 15 is 0 Å². The van der Waals surface area contributed by atoms with Crippen molar-refractivity contribution in [1.82, 2.24) is 4.98 Å². The van der Waals surface area contributed by atoms with Crippen LogP contribution in [-0.2, 0) is 16.0 Å². The second kappa shape index (κ2) is 6.90. The average Bonchev–Trinajstić information content (AvgIpc) is 3.10. The Hall–Kier alpha value is -2.70. The van der Waals surface area contributed by atoms with Crippen LogP contribution >= 0.6 is 22.9 Å². The Morgan fingerprint density at radius 3 is 2.69 bits per heavy atom. The number of hydrogen-bond acceptors (Lipinski definition) is 5. The van der Waals surface area contributed by atoms with Gasteiger partial charge in [-0.2, -0.15) is 0 Å². The fourth-order valence-electron chi connectivity index (χ4n) is 2.79. The largest absolute Gasteiger partial charge is 0.448 e. The zero-order valence-corrected chi connectivity index (χ0v) is 15.0. The standard InChI is InChI=1S/C19H13ClN2O3S/c20-14-8-4-3-7-13(14)15-10-26-19(21-15)22-17(23)16-9-11-5-1-2-6-12(11)18(24)25-16/h1-8,10,16H,9H2,(H,21,22,23). The SMILES string of the molecule is O=C1OC(C(=O)Nc2nc(-c3ccccc3Cl)cs2)Cc2ccccc21. The molecule has 0 fully saturated rings. The van der Waals surface area contributed by atoms with Gasteiger partial charge in [0.15, 0.2) is 11.2 Å². The monoisotopic (exact) mass is 384 g/mol. The minimum atomic E-state index is -0.870. The average molecular weight is 385 g/mol. The van der Waals surface area contributed by atoms with Crippen LogP contribution in [0.5, 0.6) is 0 Å². The van der Waals surface area contributed by atoms with Gasteiger partial charge in [0, 0.05) is 22.4 Å². The third kappa shape index (κ3) is 3.21. The van der Waals surface area contributed by atoms with Crippen LogP contribution < -0.4 is 5.32 Å². The predicted octanol–water partition coefficient (Wildman–Crippen LogP) is 4.18. The molecule has 0 aliphatic carbocycles. The van der Waals surface area contributed by atoms with Crippen LogP contribution in [0.2, 0.25) is 5.02 Å². The number of fused-ring (bicyclic) bond motifs is 1. The highest BCUT2D eigenvalue weighted by Gasteiger charge is 2.31. The topological polar surface area (TPSA) is 68.3 Å². The highest BCUT2D eigenvalue weighted by atomic mass is 35.5. The molecule has 4 rings (SSSR count). The molecule has 0 spiro atoms.